The Labute approximate surface area is 186 Å². The molecule has 2 aliphatic heterocycles. The number of pyridine rings is 1. The van der Waals surface area contributed by atoms with E-state index in [1.807, 2.05) is 17.7 Å². The van der Waals surface area contributed by atoms with Crippen LogP contribution in [-0.4, -0.2) is 34.3 Å². The van der Waals surface area contributed by atoms with E-state index in [2.05, 4.69) is 23.7 Å². The first-order valence-corrected chi connectivity index (χ1v) is 11.0. The molecule has 1 saturated heterocycles. The predicted molar refractivity (Wildman–Crippen MR) is 123 cm³/mol. The van der Waals surface area contributed by atoms with E-state index < -0.39 is 0 Å². The molecule has 0 spiro atoms. The molecule has 2 N–H and O–H groups in total. The van der Waals surface area contributed by atoms with Gasteiger partial charge in [0.1, 0.15) is 11.6 Å². The highest BCUT2D eigenvalue weighted by Gasteiger charge is 2.35. The van der Waals surface area contributed by atoms with Crippen LogP contribution >= 0.6 is 0 Å². The zero-order valence-corrected chi connectivity index (χ0v) is 18.8. The topological polar surface area (TPSA) is 80.3 Å². The minimum atomic E-state index is -0.360. The number of anilines is 3. The molecule has 5 rings (SSSR count). The van der Waals surface area contributed by atoms with Crippen molar-refractivity contribution in [2.75, 3.05) is 29.1 Å². The number of benzene rings is 1. The average molecular weight is 435 g/mol. The molecule has 32 heavy (non-hydrogen) atoms. The zero-order chi connectivity index (χ0) is 22.7. The Morgan fingerprint density at radius 3 is 2.78 bits per heavy atom. The van der Waals surface area contributed by atoms with Crippen LogP contribution < -0.4 is 15.5 Å². The van der Waals surface area contributed by atoms with Crippen LogP contribution in [0, 0.1) is 12.7 Å². The van der Waals surface area contributed by atoms with Crippen LogP contribution in [0.25, 0.3) is 11.1 Å². The molecule has 8 heteroatoms. The number of halogens is 1. The van der Waals surface area contributed by atoms with Crippen LogP contribution in [0.1, 0.15) is 60.4 Å². The highest BCUT2D eigenvalue weighted by atomic mass is 19.1. The Balaban J connectivity index is 1.85. The van der Waals surface area contributed by atoms with Crippen molar-refractivity contribution in [3.8, 4) is 11.1 Å². The number of rotatable bonds is 1. The Morgan fingerprint density at radius 1 is 1.25 bits per heavy atom. The van der Waals surface area contributed by atoms with Gasteiger partial charge in [-0.3, -0.25) is 14.4 Å². The summed E-state index contributed by atoms with van der Waals surface area (Å²) in [6.45, 7) is 6.87. The fraction of sp³-hybridized carbons (Fsp3) is 0.375. The summed E-state index contributed by atoms with van der Waals surface area (Å²) in [5.74, 6) is 0.405. The van der Waals surface area contributed by atoms with Gasteiger partial charge in [0.25, 0.3) is 5.91 Å². The lowest BCUT2D eigenvalue weighted by molar-refractivity contribution is 0.0991. The van der Waals surface area contributed by atoms with Crippen molar-refractivity contribution in [2.45, 2.75) is 45.7 Å². The zero-order valence-electron chi connectivity index (χ0n) is 18.8. The Kier molecular flexibility index (Phi) is 4.69. The lowest BCUT2D eigenvalue weighted by atomic mass is 9.97. The van der Waals surface area contributed by atoms with Crippen LogP contribution in [0.15, 0.2) is 30.5 Å². The van der Waals surface area contributed by atoms with E-state index in [1.54, 1.807) is 24.2 Å². The number of carbonyl (C=O) groups is 1. The number of aromatic nitrogens is 3. The van der Waals surface area contributed by atoms with Gasteiger partial charge in [-0.15, -0.1) is 0 Å². The number of nitrogens with zero attached hydrogens (tertiary/aromatic N) is 5. The van der Waals surface area contributed by atoms with E-state index in [9.17, 15) is 9.18 Å². The molecule has 166 valence electrons. The Hall–Kier alpha value is -3.42. The molecule has 2 aromatic heterocycles. The maximum absolute atomic E-state index is 14.4. The number of amides is 1. The number of hydrogen-bond acceptors (Lipinski definition) is 5. The molecule has 1 fully saturated rings. The van der Waals surface area contributed by atoms with Gasteiger partial charge in [0.15, 0.2) is 5.82 Å². The fourth-order valence-corrected chi connectivity index (χ4v) is 5.07. The van der Waals surface area contributed by atoms with Crippen LogP contribution in [0.2, 0.25) is 0 Å². The SMILES string of the molecule is Cc1c2c(nn1C(C)C)N(C)C(=O)c1ccc(F)cc1[C@H]1CCCN1c1cc-2cnc1N. The molecule has 1 atom stereocenters. The molecule has 0 radical (unpaired) electrons. The van der Waals surface area contributed by atoms with Crippen molar-refractivity contribution < 1.29 is 9.18 Å². The lowest BCUT2D eigenvalue weighted by Crippen LogP contribution is -2.30. The van der Waals surface area contributed by atoms with Crippen molar-refractivity contribution >= 4 is 23.2 Å². The first kappa shape index (κ1) is 20.5. The van der Waals surface area contributed by atoms with E-state index in [0.717, 1.165) is 41.9 Å². The molecule has 7 nitrogen and oxygen atoms in total. The third-order valence-corrected chi connectivity index (χ3v) is 6.59. The van der Waals surface area contributed by atoms with Gasteiger partial charge in [-0.2, -0.15) is 5.10 Å². The smallest absolute Gasteiger partial charge is 0.259 e. The van der Waals surface area contributed by atoms with Crippen LogP contribution in [0.5, 0.6) is 0 Å². The predicted octanol–water partition coefficient (Wildman–Crippen LogP) is 4.49. The number of hydrogen-bond donors (Lipinski definition) is 1. The largest absolute Gasteiger partial charge is 0.382 e. The van der Waals surface area contributed by atoms with Crippen LogP contribution in [-0.2, 0) is 0 Å². The monoisotopic (exact) mass is 434 g/mol. The van der Waals surface area contributed by atoms with Gasteiger partial charge in [-0.05, 0) is 63.4 Å². The standard InChI is InChI=1S/C24H27FN6O/c1-13(2)31-14(3)21-15-10-20(22(26)27-12-15)30-9-5-6-19(30)18-11-16(25)7-8-17(18)24(32)29(4)23(21)28-31/h7-8,10-13,19H,5-6,9H2,1-4H3,(H2,26,27)/t19-/m1/s1. The summed E-state index contributed by atoms with van der Waals surface area (Å²) >= 11 is 0. The van der Waals surface area contributed by atoms with Gasteiger partial charge in [0.05, 0.1) is 11.7 Å². The van der Waals surface area contributed by atoms with Crippen molar-refractivity contribution in [3.63, 3.8) is 0 Å². The molecule has 2 bridgehead atoms. The minimum Gasteiger partial charge on any atom is -0.382 e. The van der Waals surface area contributed by atoms with Gasteiger partial charge in [-0.1, -0.05) is 0 Å². The van der Waals surface area contributed by atoms with Gasteiger partial charge >= 0.3 is 0 Å². The van der Waals surface area contributed by atoms with Gasteiger partial charge in [0, 0.05) is 48.2 Å². The van der Waals surface area contributed by atoms with Crippen LogP contribution in [0.3, 0.4) is 0 Å². The maximum Gasteiger partial charge on any atom is 0.259 e. The third-order valence-electron chi connectivity index (χ3n) is 6.59. The summed E-state index contributed by atoms with van der Waals surface area (Å²) in [7, 11) is 1.72. The van der Waals surface area contributed by atoms with E-state index in [4.69, 9.17) is 10.8 Å². The summed E-state index contributed by atoms with van der Waals surface area (Å²) < 4.78 is 16.3. The molecular formula is C24H27FN6O. The number of fused-ring (bicyclic) bond motifs is 8. The van der Waals surface area contributed by atoms with Gasteiger partial charge in [0.2, 0.25) is 0 Å². The quantitative estimate of drug-likeness (QED) is 0.611. The van der Waals surface area contributed by atoms with Gasteiger partial charge in [-0.25, -0.2) is 9.37 Å². The summed E-state index contributed by atoms with van der Waals surface area (Å²) in [5, 5.41) is 4.80. The maximum atomic E-state index is 14.4. The first-order valence-electron chi connectivity index (χ1n) is 11.0. The number of nitrogens with two attached hydrogens (primary N) is 1. The van der Waals surface area contributed by atoms with E-state index in [1.165, 1.54) is 12.1 Å². The Bertz CT molecular complexity index is 1230. The van der Waals surface area contributed by atoms with Crippen molar-refractivity contribution in [1.29, 1.82) is 0 Å². The molecule has 0 saturated carbocycles. The average Bonchev–Trinajstić information content (AvgIpc) is 3.37. The second kappa shape index (κ2) is 7.32. The molecule has 0 aliphatic carbocycles. The first-order chi connectivity index (χ1) is 15.3. The molecule has 4 heterocycles. The summed E-state index contributed by atoms with van der Waals surface area (Å²) in [6, 6.07) is 6.40. The molecule has 1 amide bonds. The molecule has 1 aromatic carbocycles. The van der Waals surface area contributed by atoms with E-state index in [-0.39, 0.29) is 23.8 Å². The Morgan fingerprint density at radius 2 is 2.03 bits per heavy atom. The van der Waals surface area contributed by atoms with Crippen LogP contribution in [0.4, 0.5) is 21.7 Å². The summed E-state index contributed by atoms with van der Waals surface area (Å²) in [5.41, 5.74) is 10.9. The lowest BCUT2D eigenvalue weighted by Gasteiger charge is -2.29. The van der Waals surface area contributed by atoms with Crippen molar-refractivity contribution in [2.24, 2.45) is 0 Å². The third kappa shape index (κ3) is 2.97. The number of carbonyl (C=O) groups excluding carboxylic acids is 1. The van der Waals surface area contributed by atoms with Crippen molar-refractivity contribution in [1.82, 2.24) is 14.8 Å². The van der Waals surface area contributed by atoms with Crippen molar-refractivity contribution in [3.05, 3.63) is 53.1 Å². The van der Waals surface area contributed by atoms with E-state index in [0.29, 0.717) is 22.8 Å². The normalized spacial score (nSPS) is 17.8. The molecular weight excluding hydrogens is 407 g/mol. The highest BCUT2D eigenvalue weighted by Crippen LogP contribution is 2.44. The minimum absolute atomic E-state index is 0.115. The second-order valence-corrected chi connectivity index (χ2v) is 8.90. The number of nitrogen functional groups attached to an aromatic ring is 1. The summed E-state index contributed by atoms with van der Waals surface area (Å²) in [6.07, 6.45) is 3.47. The van der Waals surface area contributed by atoms with Gasteiger partial charge < -0.3 is 10.6 Å². The highest BCUT2D eigenvalue weighted by molar-refractivity contribution is 6.08. The summed E-state index contributed by atoms with van der Waals surface area (Å²) in [4.78, 5) is 21.9. The molecule has 3 aromatic rings. The second-order valence-electron chi connectivity index (χ2n) is 8.90. The van der Waals surface area contributed by atoms with E-state index >= 15 is 0 Å². The molecule has 2 aliphatic rings. The fourth-order valence-electron chi connectivity index (χ4n) is 5.07. The molecule has 0 unspecified atom stereocenters.